The molecule has 1 unspecified atom stereocenters. The van der Waals surface area contributed by atoms with Crippen molar-refractivity contribution in [2.75, 3.05) is 19.8 Å². The zero-order valence-corrected chi connectivity index (χ0v) is 16.6. The van der Waals surface area contributed by atoms with Gasteiger partial charge in [0.1, 0.15) is 11.9 Å². The number of allylic oxidation sites excluding steroid dienone is 4. The highest BCUT2D eigenvalue weighted by Crippen LogP contribution is 2.35. The SMILES string of the molecule is CN(C)Cc1ccc(-c2cnc(N)c(-c3nnnn3C3CC=CC(F)=C3F)c2)cc1. The van der Waals surface area contributed by atoms with Crippen LogP contribution < -0.4 is 5.73 Å². The number of nitrogen functional groups attached to an aromatic ring is 1. The lowest BCUT2D eigenvalue weighted by atomic mass is 10.0. The van der Waals surface area contributed by atoms with Crippen LogP contribution in [0.15, 0.2) is 60.3 Å². The summed E-state index contributed by atoms with van der Waals surface area (Å²) >= 11 is 0. The van der Waals surface area contributed by atoms with E-state index >= 15 is 0 Å². The lowest BCUT2D eigenvalue weighted by Gasteiger charge is -2.18. The van der Waals surface area contributed by atoms with Gasteiger partial charge in [-0.15, -0.1) is 5.10 Å². The van der Waals surface area contributed by atoms with E-state index < -0.39 is 17.7 Å². The molecule has 30 heavy (non-hydrogen) atoms. The van der Waals surface area contributed by atoms with Crippen LogP contribution in [0, 0.1) is 0 Å². The smallest absolute Gasteiger partial charge is 0.186 e. The summed E-state index contributed by atoms with van der Waals surface area (Å²) in [5, 5.41) is 11.5. The average molecular weight is 409 g/mol. The molecule has 2 heterocycles. The molecule has 0 saturated carbocycles. The second kappa shape index (κ2) is 8.11. The van der Waals surface area contributed by atoms with E-state index in [4.69, 9.17) is 5.73 Å². The molecule has 0 saturated heterocycles. The van der Waals surface area contributed by atoms with Crippen LogP contribution in [0.25, 0.3) is 22.5 Å². The summed E-state index contributed by atoms with van der Waals surface area (Å²) in [4.78, 5) is 6.36. The van der Waals surface area contributed by atoms with Gasteiger partial charge in [0.05, 0.1) is 5.56 Å². The van der Waals surface area contributed by atoms with Gasteiger partial charge >= 0.3 is 0 Å². The third kappa shape index (κ3) is 3.84. The molecular weight excluding hydrogens is 388 g/mol. The summed E-state index contributed by atoms with van der Waals surface area (Å²) in [6.07, 6.45) is 4.54. The van der Waals surface area contributed by atoms with Gasteiger partial charge in [0.25, 0.3) is 0 Å². The molecule has 1 aromatic carbocycles. The van der Waals surface area contributed by atoms with Crippen LogP contribution >= 0.6 is 0 Å². The monoisotopic (exact) mass is 409 g/mol. The Balaban J connectivity index is 1.71. The van der Waals surface area contributed by atoms with Crippen LogP contribution in [0.3, 0.4) is 0 Å². The fraction of sp³-hybridized carbons (Fsp3) is 0.238. The van der Waals surface area contributed by atoms with Crippen molar-refractivity contribution in [2.24, 2.45) is 0 Å². The quantitative estimate of drug-likeness (QED) is 0.692. The molecule has 0 bridgehead atoms. The van der Waals surface area contributed by atoms with E-state index in [9.17, 15) is 8.78 Å². The van der Waals surface area contributed by atoms with E-state index in [0.29, 0.717) is 5.56 Å². The van der Waals surface area contributed by atoms with E-state index in [1.54, 1.807) is 12.3 Å². The summed E-state index contributed by atoms with van der Waals surface area (Å²) in [6, 6.07) is 8.94. The number of tetrazole rings is 1. The first-order valence-electron chi connectivity index (χ1n) is 9.43. The Morgan fingerprint density at radius 3 is 2.67 bits per heavy atom. The second-order valence-corrected chi connectivity index (χ2v) is 7.39. The maximum absolute atomic E-state index is 14.4. The summed E-state index contributed by atoms with van der Waals surface area (Å²) in [5.41, 5.74) is 9.48. The number of rotatable bonds is 5. The molecule has 9 heteroatoms. The first kappa shape index (κ1) is 19.8. The molecule has 1 aliphatic rings. The third-order valence-electron chi connectivity index (χ3n) is 4.88. The van der Waals surface area contributed by atoms with Gasteiger partial charge in [-0.05, 0) is 54.2 Å². The Morgan fingerprint density at radius 2 is 1.93 bits per heavy atom. The highest BCUT2D eigenvalue weighted by Gasteiger charge is 2.27. The molecule has 0 aliphatic heterocycles. The number of nitrogens with two attached hydrogens (primary N) is 1. The predicted molar refractivity (Wildman–Crippen MR) is 110 cm³/mol. The Labute approximate surface area is 172 Å². The zero-order chi connectivity index (χ0) is 21.3. The number of anilines is 1. The summed E-state index contributed by atoms with van der Waals surface area (Å²) in [5.74, 6) is -1.40. The van der Waals surface area contributed by atoms with Gasteiger partial charge in [-0.25, -0.2) is 18.4 Å². The van der Waals surface area contributed by atoms with Crippen LogP contribution in [0.2, 0.25) is 0 Å². The molecule has 0 radical (unpaired) electrons. The van der Waals surface area contributed by atoms with Crippen LogP contribution in [0.1, 0.15) is 18.0 Å². The van der Waals surface area contributed by atoms with Gasteiger partial charge < -0.3 is 10.6 Å². The number of aromatic nitrogens is 5. The predicted octanol–water partition coefficient (Wildman–Crippen LogP) is 3.70. The Bertz CT molecular complexity index is 1120. The lowest BCUT2D eigenvalue weighted by molar-refractivity contribution is 0.389. The van der Waals surface area contributed by atoms with Crippen LogP contribution in [0.5, 0.6) is 0 Å². The Morgan fingerprint density at radius 1 is 1.17 bits per heavy atom. The van der Waals surface area contributed by atoms with Gasteiger partial charge in [-0.2, -0.15) is 0 Å². The number of benzene rings is 1. The van der Waals surface area contributed by atoms with Crippen molar-refractivity contribution in [1.29, 1.82) is 0 Å². The molecule has 0 fully saturated rings. The summed E-state index contributed by atoms with van der Waals surface area (Å²) in [6.45, 7) is 0.839. The minimum absolute atomic E-state index is 0.204. The van der Waals surface area contributed by atoms with Crippen molar-refractivity contribution in [2.45, 2.75) is 19.0 Å². The first-order chi connectivity index (χ1) is 14.4. The number of nitrogens with zero attached hydrogens (tertiary/aromatic N) is 6. The third-order valence-corrected chi connectivity index (χ3v) is 4.88. The molecule has 1 aliphatic carbocycles. The average Bonchev–Trinajstić information content (AvgIpc) is 3.20. The largest absolute Gasteiger partial charge is 0.383 e. The van der Waals surface area contributed by atoms with Crippen molar-refractivity contribution < 1.29 is 8.78 Å². The van der Waals surface area contributed by atoms with Crippen molar-refractivity contribution in [3.05, 3.63) is 65.9 Å². The molecule has 7 nitrogen and oxygen atoms in total. The minimum Gasteiger partial charge on any atom is -0.383 e. The molecule has 1 atom stereocenters. The summed E-state index contributed by atoms with van der Waals surface area (Å²) < 4.78 is 29.3. The molecular formula is C21H21F2N7. The van der Waals surface area contributed by atoms with E-state index in [1.165, 1.54) is 10.2 Å². The van der Waals surface area contributed by atoms with Crippen LogP contribution in [0.4, 0.5) is 14.6 Å². The van der Waals surface area contributed by atoms with Crippen molar-refractivity contribution in [3.8, 4) is 22.5 Å². The lowest BCUT2D eigenvalue weighted by Crippen LogP contribution is -2.15. The van der Waals surface area contributed by atoms with E-state index in [-0.39, 0.29) is 18.1 Å². The number of halogens is 2. The molecule has 3 aromatic rings. The van der Waals surface area contributed by atoms with Gasteiger partial charge in [0.2, 0.25) is 0 Å². The second-order valence-electron chi connectivity index (χ2n) is 7.39. The van der Waals surface area contributed by atoms with Gasteiger partial charge in [0.15, 0.2) is 17.5 Å². The molecule has 154 valence electrons. The zero-order valence-electron chi connectivity index (χ0n) is 16.6. The first-order valence-corrected chi connectivity index (χ1v) is 9.43. The normalized spacial score (nSPS) is 16.5. The van der Waals surface area contributed by atoms with Crippen molar-refractivity contribution in [1.82, 2.24) is 30.1 Å². The molecule has 0 spiro atoms. The number of hydrogen-bond acceptors (Lipinski definition) is 6. The molecule has 2 N–H and O–H groups in total. The number of pyridine rings is 1. The topological polar surface area (TPSA) is 85.8 Å². The fourth-order valence-electron chi connectivity index (χ4n) is 3.41. The van der Waals surface area contributed by atoms with Crippen molar-refractivity contribution in [3.63, 3.8) is 0 Å². The fourth-order valence-corrected chi connectivity index (χ4v) is 3.41. The highest BCUT2D eigenvalue weighted by atomic mass is 19.2. The Hall–Kier alpha value is -3.46. The Kier molecular flexibility index (Phi) is 5.37. The van der Waals surface area contributed by atoms with Crippen LogP contribution in [-0.2, 0) is 6.54 Å². The van der Waals surface area contributed by atoms with E-state index in [1.807, 2.05) is 44.4 Å². The van der Waals surface area contributed by atoms with E-state index in [2.05, 4.69) is 25.4 Å². The minimum atomic E-state index is -0.964. The molecule has 4 rings (SSSR count). The van der Waals surface area contributed by atoms with Crippen LogP contribution in [-0.4, -0.2) is 44.2 Å². The molecule has 0 amide bonds. The standard InChI is InChI=1S/C21H21F2N7/c1-29(2)12-13-6-8-14(9-7-13)15-10-16(20(24)25-11-15)21-26-27-28-30(21)18-5-3-4-17(22)19(18)23/h3-4,6-11,18H,5,12H2,1-2H3,(H2,24,25). The van der Waals surface area contributed by atoms with Gasteiger partial charge in [-0.1, -0.05) is 30.3 Å². The molecule has 2 aromatic heterocycles. The maximum Gasteiger partial charge on any atom is 0.186 e. The van der Waals surface area contributed by atoms with E-state index in [0.717, 1.165) is 23.7 Å². The van der Waals surface area contributed by atoms with Gasteiger partial charge in [0, 0.05) is 18.3 Å². The number of hydrogen-bond donors (Lipinski definition) is 1. The van der Waals surface area contributed by atoms with Gasteiger partial charge in [-0.3, -0.25) is 0 Å². The maximum atomic E-state index is 14.4. The highest BCUT2D eigenvalue weighted by molar-refractivity contribution is 5.76. The summed E-state index contributed by atoms with van der Waals surface area (Å²) in [7, 11) is 4.03. The van der Waals surface area contributed by atoms with Crippen molar-refractivity contribution >= 4 is 5.82 Å².